The van der Waals surface area contributed by atoms with Gasteiger partial charge in [-0.2, -0.15) is 0 Å². The fraction of sp³-hybridized carbons (Fsp3) is 0.308. The van der Waals surface area contributed by atoms with Gasteiger partial charge in [-0.3, -0.25) is 9.78 Å². The summed E-state index contributed by atoms with van der Waals surface area (Å²) < 4.78 is 0. The second kappa shape index (κ2) is 5.44. The summed E-state index contributed by atoms with van der Waals surface area (Å²) in [5.41, 5.74) is 1.34. The molecule has 1 aliphatic carbocycles. The predicted molar refractivity (Wildman–Crippen MR) is 64.8 cm³/mol. The number of nitrogens with zero attached hydrogens (tertiary/aromatic N) is 1. The van der Waals surface area contributed by atoms with Gasteiger partial charge < -0.3 is 10.4 Å². The smallest absolute Gasteiger partial charge is 0.333 e. The average Bonchev–Trinajstić information content (AvgIpc) is 2.40. The summed E-state index contributed by atoms with van der Waals surface area (Å²) in [6.07, 6.45) is 5.95. The van der Waals surface area contributed by atoms with Crippen LogP contribution in [0.4, 0.5) is 0 Å². The average molecular weight is 246 g/mol. The minimum absolute atomic E-state index is 0.284. The number of aliphatic carboxylic acids is 1. The Kier molecular flexibility index (Phi) is 3.72. The van der Waals surface area contributed by atoms with Crippen molar-refractivity contribution in [3.8, 4) is 0 Å². The van der Waals surface area contributed by atoms with E-state index in [1.54, 1.807) is 12.1 Å². The summed E-state index contributed by atoms with van der Waals surface area (Å²) in [5, 5.41) is 11.8. The molecule has 1 aliphatic rings. The van der Waals surface area contributed by atoms with Gasteiger partial charge in [0.2, 0.25) is 0 Å². The van der Waals surface area contributed by atoms with Crippen LogP contribution in [0.1, 0.15) is 36.0 Å². The summed E-state index contributed by atoms with van der Waals surface area (Å²) in [6, 6.07) is 3.19. The maximum Gasteiger partial charge on any atom is 0.333 e. The highest BCUT2D eigenvalue weighted by molar-refractivity contribution is 5.96. The van der Waals surface area contributed by atoms with Gasteiger partial charge in [-0.1, -0.05) is 0 Å². The van der Waals surface area contributed by atoms with E-state index in [0.717, 1.165) is 12.8 Å². The predicted octanol–water partition coefficient (Wildman–Crippen LogP) is 1.72. The molecule has 0 saturated carbocycles. The van der Waals surface area contributed by atoms with Crippen molar-refractivity contribution in [2.24, 2.45) is 0 Å². The van der Waals surface area contributed by atoms with Gasteiger partial charge in [0.05, 0.1) is 5.57 Å². The molecule has 0 atom stereocenters. The van der Waals surface area contributed by atoms with Gasteiger partial charge >= 0.3 is 5.97 Å². The molecular formula is C13H14N2O3. The molecule has 0 bridgehead atoms. The largest absolute Gasteiger partial charge is 0.478 e. The van der Waals surface area contributed by atoms with E-state index >= 15 is 0 Å². The zero-order valence-electron chi connectivity index (χ0n) is 9.85. The van der Waals surface area contributed by atoms with Gasteiger partial charge in [0, 0.05) is 23.7 Å². The first kappa shape index (κ1) is 12.3. The minimum Gasteiger partial charge on any atom is -0.478 e. The van der Waals surface area contributed by atoms with E-state index in [-0.39, 0.29) is 5.91 Å². The van der Waals surface area contributed by atoms with E-state index in [1.165, 1.54) is 12.4 Å². The molecule has 5 nitrogen and oxygen atoms in total. The Morgan fingerprint density at radius 1 is 1.17 bits per heavy atom. The van der Waals surface area contributed by atoms with Crippen LogP contribution < -0.4 is 5.32 Å². The quantitative estimate of drug-likeness (QED) is 0.851. The van der Waals surface area contributed by atoms with Crippen molar-refractivity contribution in [1.82, 2.24) is 10.3 Å². The van der Waals surface area contributed by atoms with Crippen LogP contribution in [0.25, 0.3) is 0 Å². The molecule has 94 valence electrons. The third-order valence-corrected chi connectivity index (χ3v) is 2.93. The summed E-state index contributed by atoms with van der Waals surface area (Å²) in [6.45, 7) is 0. The summed E-state index contributed by atoms with van der Waals surface area (Å²) in [7, 11) is 0. The second-order valence-electron chi connectivity index (χ2n) is 4.16. The molecule has 0 radical (unpaired) electrons. The van der Waals surface area contributed by atoms with Crippen LogP contribution >= 0.6 is 0 Å². The molecule has 0 saturated heterocycles. The van der Waals surface area contributed by atoms with Crippen LogP contribution in [0.5, 0.6) is 0 Å². The number of aromatic nitrogens is 1. The van der Waals surface area contributed by atoms with Crippen LogP contribution in [-0.4, -0.2) is 22.0 Å². The highest BCUT2D eigenvalue weighted by Gasteiger charge is 2.20. The van der Waals surface area contributed by atoms with Crippen LogP contribution in [0, 0.1) is 0 Å². The van der Waals surface area contributed by atoms with Crippen LogP contribution in [0.2, 0.25) is 0 Å². The number of rotatable bonds is 3. The van der Waals surface area contributed by atoms with Crippen LogP contribution in [-0.2, 0) is 4.79 Å². The zero-order chi connectivity index (χ0) is 13.0. The maximum absolute atomic E-state index is 11.9. The monoisotopic (exact) mass is 246 g/mol. The summed E-state index contributed by atoms with van der Waals surface area (Å²) >= 11 is 0. The summed E-state index contributed by atoms with van der Waals surface area (Å²) in [4.78, 5) is 26.8. The Hall–Kier alpha value is -2.17. The van der Waals surface area contributed by atoms with Crippen molar-refractivity contribution < 1.29 is 14.7 Å². The molecule has 0 fully saturated rings. The second-order valence-corrected chi connectivity index (χ2v) is 4.16. The maximum atomic E-state index is 11.9. The lowest BCUT2D eigenvalue weighted by Crippen LogP contribution is -2.27. The minimum atomic E-state index is -0.945. The van der Waals surface area contributed by atoms with Gasteiger partial charge in [-0.15, -0.1) is 0 Å². The van der Waals surface area contributed by atoms with E-state index in [1.807, 2.05) is 0 Å². The van der Waals surface area contributed by atoms with E-state index in [0.29, 0.717) is 29.7 Å². The molecular weight excluding hydrogens is 232 g/mol. The van der Waals surface area contributed by atoms with Gasteiger partial charge in [-0.05, 0) is 37.8 Å². The Bertz CT molecular complexity index is 494. The van der Waals surface area contributed by atoms with Gasteiger partial charge in [0.15, 0.2) is 0 Å². The number of hydrogen-bond donors (Lipinski definition) is 2. The molecule has 1 aromatic heterocycles. The molecule has 1 aromatic rings. The van der Waals surface area contributed by atoms with Gasteiger partial charge in [-0.25, -0.2) is 4.79 Å². The van der Waals surface area contributed by atoms with Gasteiger partial charge in [0.1, 0.15) is 0 Å². The Balaban J connectivity index is 2.17. The zero-order valence-corrected chi connectivity index (χ0v) is 9.85. The van der Waals surface area contributed by atoms with Crippen molar-refractivity contribution in [2.45, 2.75) is 25.7 Å². The van der Waals surface area contributed by atoms with Crippen molar-refractivity contribution in [3.05, 3.63) is 41.4 Å². The lowest BCUT2D eigenvalue weighted by atomic mass is 9.96. The number of nitrogens with one attached hydrogen (secondary N) is 1. The number of hydrogen-bond acceptors (Lipinski definition) is 3. The molecule has 0 aromatic carbocycles. The third-order valence-electron chi connectivity index (χ3n) is 2.93. The molecule has 5 heteroatoms. The normalized spacial score (nSPS) is 15.3. The SMILES string of the molecule is O=C(O)C1=C(NC(=O)c2ccncc2)CCCC1. The van der Waals surface area contributed by atoms with Gasteiger partial charge in [0.25, 0.3) is 5.91 Å². The first-order valence-electron chi connectivity index (χ1n) is 5.85. The Morgan fingerprint density at radius 2 is 1.83 bits per heavy atom. The highest BCUT2D eigenvalue weighted by Crippen LogP contribution is 2.23. The standard InChI is InChI=1S/C13H14N2O3/c16-12(9-5-7-14-8-6-9)15-11-4-2-1-3-10(11)13(17)18/h5-8H,1-4H2,(H,15,16)(H,17,18). The van der Waals surface area contributed by atoms with E-state index < -0.39 is 5.97 Å². The topological polar surface area (TPSA) is 79.3 Å². The number of allylic oxidation sites excluding steroid dienone is 1. The first-order chi connectivity index (χ1) is 8.68. The molecule has 0 aliphatic heterocycles. The van der Waals surface area contributed by atoms with E-state index in [4.69, 9.17) is 5.11 Å². The van der Waals surface area contributed by atoms with Crippen molar-refractivity contribution in [3.63, 3.8) is 0 Å². The van der Waals surface area contributed by atoms with E-state index in [2.05, 4.69) is 10.3 Å². The van der Waals surface area contributed by atoms with Crippen LogP contribution in [0.15, 0.2) is 35.8 Å². The molecule has 2 N–H and O–H groups in total. The lowest BCUT2D eigenvalue weighted by Gasteiger charge is -2.18. The van der Waals surface area contributed by atoms with E-state index in [9.17, 15) is 9.59 Å². The summed E-state index contributed by atoms with van der Waals surface area (Å²) in [5.74, 6) is -1.23. The molecule has 2 rings (SSSR count). The molecule has 1 amide bonds. The Labute approximate surface area is 105 Å². The third kappa shape index (κ3) is 2.74. The number of amides is 1. The number of carboxylic acids is 1. The number of carboxylic acid groups (broad SMARTS) is 1. The molecule has 0 spiro atoms. The number of carbonyl (C=O) groups is 2. The molecule has 1 heterocycles. The van der Waals surface area contributed by atoms with Crippen molar-refractivity contribution in [2.75, 3.05) is 0 Å². The lowest BCUT2D eigenvalue weighted by molar-refractivity contribution is -0.133. The fourth-order valence-electron chi connectivity index (χ4n) is 1.99. The molecule has 0 unspecified atom stereocenters. The number of carbonyl (C=O) groups excluding carboxylic acids is 1. The highest BCUT2D eigenvalue weighted by atomic mass is 16.4. The van der Waals surface area contributed by atoms with Crippen LogP contribution in [0.3, 0.4) is 0 Å². The number of pyridine rings is 1. The van der Waals surface area contributed by atoms with Crippen molar-refractivity contribution >= 4 is 11.9 Å². The fourth-order valence-corrected chi connectivity index (χ4v) is 1.99. The molecule has 18 heavy (non-hydrogen) atoms. The Morgan fingerprint density at radius 3 is 2.50 bits per heavy atom. The first-order valence-corrected chi connectivity index (χ1v) is 5.85. The van der Waals surface area contributed by atoms with Crippen molar-refractivity contribution in [1.29, 1.82) is 0 Å².